The molecule has 2 fully saturated rings. The Labute approximate surface area is 224 Å². The number of carbonyl (C=O) groups is 3. The molecular weight excluding hydrogens is 500 g/mol. The molecule has 3 aromatic carbocycles. The number of carbonyl (C=O) groups excluding carboxylic acids is 2. The van der Waals surface area contributed by atoms with Crippen LogP contribution < -0.4 is 4.90 Å². The van der Waals surface area contributed by atoms with Crippen molar-refractivity contribution in [2.45, 2.75) is 26.4 Å². The number of hydrogen-bond acceptors (Lipinski definition) is 3. The van der Waals surface area contributed by atoms with E-state index in [1.807, 2.05) is 98.8 Å². The maximum Gasteiger partial charge on any atom is 0.366 e. The van der Waals surface area contributed by atoms with Gasteiger partial charge in [0.15, 0.2) is 0 Å². The van der Waals surface area contributed by atoms with E-state index in [0.717, 1.165) is 11.1 Å². The zero-order valence-electron chi connectivity index (χ0n) is 21.6. The van der Waals surface area contributed by atoms with Crippen molar-refractivity contribution in [1.29, 1.82) is 0 Å². The van der Waals surface area contributed by atoms with E-state index in [1.165, 1.54) is 4.31 Å². The van der Waals surface area contributed by atoms with Crippen LogP contribution in [0.5, 0.6) is 0 Å². The number of nitrogens with zero attached hydrogens (tertiary/aromatic N) is 4. The minimum atomic E-state index is -2.62. The van der Waals surface area contributed by atoms with E-state index in [9.17, 15) is 19.5 Å². The summed E-state index contributed by atoms with van der Waals surface area (Å²) in [7, 11) is -2.62. The monoisotopic (exact) mass is 532 g/mol. The van der Waals surface area contributed by atoms with E-state index in [4.69, 9.17) is 0 Å². The van der Waals surface area contributed by atoms with E-state index in [-0.39, 0.29) is 30.5 Å². The number of benzene rings is 3. The van der Waals surface area contributed by atoms with Crippen LogP contribution in [0.25, 0.3) is 0 Å². The van der Waals surface area contributed by atoms with E-state index < -0.39 is 15.5 Å². The second-order valence-corrected chi connectivity index (χ2v) is 12.7. The number of amides is 4. The number of carboxylic acid groups (broad SMARTS) is 1. The lowest BCUT2D eigenvalue weighted by Gasteiger charge is -2.44. The second kappa shape index (κ2) is 10.4. The third kappa shape index (κ3) is 4.58. The van der Waals surface area contributed by atoms with E-state index in [2.05, 4.69) is 0 Å². The van der Waals surface area contributed by atoms with Crippen molar-refractivity contribution in [1.82, 2.24) is 14.1 Å². The molecule has 0 spiro atoms. The minimum absolute atomic E-state index is 0.0411. The third-order valence-corrected chi connectivity index (χ3v) is 10.7. The van der Waals surface area contributed by atoms with Gasteiger partial charge in [-0.2, -0.15) is 0 Å². The van der Waals surface area contributed by atoms with Crippen LogP contribution in [0.15, 0.2) is 84.9 Å². The van der Waals surface area contributed by atoms with Crippen molar-refractivity contribution in [2.75, 3.05) is 29.6 Å². The minimum Gasteiger partial charge on any atom is -0.473 e. The molecule has 4 amide bonds. The Morgan fingerprint density at radius 3 is 2.00 bits per heavy atom. The molecule has 1 unspecified atom stereocenters. The van der Waals surface area contributed by atoms with Crippen molar-refractivity contribution in [3.63, 3.8) is 0 Å². The van der Waals surface area contributed by atoms with Crippen molar-refractivity contribution < 1.29 is 19.5 Å². The van der Waals surface area contributed by atoms with E-state index in [1.54, 1.807) is 14.7 Å². The highest BCUT2D eigenvalue weighted by Gasteiger charge is 2.60. The lowest BCUT2D eigenvalue weighted by atomic mass is 10.1. The van der Waals surface area contributed by atoms with Gasteiger partial charge in [-0.15, -0.1) is 0 Å². The molecule has 38 heavy (non-hydrogen) atoms. The summed E-state index contributed by atoms with van der Waals surface area (Å²) in [6, 6.07) is 25.7. The first-order valence-electron chi connectivity index (χ1n) is 12.7. The molecule has 2 heterocycles. The Hall–Kier alpha value is -3.98. The summed E-state index contributed by atoms with van der Waals surface area (Å²) in [5.74, 6) is 0.332. The number of urea groups is 2. The van der Waals surface area contributed by atoms with Gasteiger partial charge in [-0.25, -0.2) is 14.4 Å². The molecule has 198 valence electrons. The van der Waals surface area contributed by atoms with Gasteiger partial charge in [0.25, 0.3) is 0 Å². The zero-order chi connectivity index (χ0) is 26.9. The van der Waals surface area contributed by atoms with E-state index in [0.29, 0.717) is 30.2 Å². The molecule has 2 aliphatic rings. The van der Waals surface area contributed by atoms with Crippen molar-refractivity contribution in [3.05, 3.63) is 96.1 Å². The van der Waals surface area contributed by atoms with Crippen molar-refractivity contribution in [2.24, 2.45) is 0 Å². The van der Waals surface area contributed by atoms with Gasteiger partial charge in [0.1, 0.15) is 0 Å². The molecule has 2 bridgehead atoms. The fourth-order valence-electron chi connectivity index (χ4n) is 5.15. The van der Waals surface area contributed by atoms with Crippen LogP contribution in [0.1, 0.15) is 18.1 Å². The fourth-order valence-corrected chi connectivity index (χ4v) is 8.55. The van der Waals surface area contributed by atoms with Gasteiger partial charge in [0, 0.05) is 18.8 Å². The molecule has 8 nitrogen and oxygen atoms in total. The van der Waals surface area contributed by atoms with Gasteiger partial charge in [-0.3, -0.25) is 9.21 Å². The smallest absolute Gasteiger partial charge is 0.366 e. The first kappa shape index (κ1) is 25.7. The van der Waals surface area contributed by atoms with Crippen LogP contribution >= 0.6 is 10.2 Å². The SMILES string of the molecule is CCN(Cc1ccc(C)cc1)C(=O)N1CS2(C(=O)O)C[C@H]1CN2C(=O)N(c1ccccc1)c1ccccc1. The summed E-state index contributed by atoms with van der Waals surface area (Å²) >= 11 is 0. The zero-order valence-corrected chi connectivity index (χ0v) is 22.4. The summed E-state index contributed by atoms with van der Waals surface area (Å²) in [4.78, 5) is 45.5. The highest BCUT2D eigenvalue weighted by Crippen LogP contribution is 2.63. The molecule has 1 N–H and O–H groups in total. The Bertz CT molecular complexity index is 1280. The van der Waals surface area contributed by atoms with Crippen molar-refractivity contribution >= 4 is 39.0 Å². The lowest BCUT2D eigenvalue weighted by molar-refractivity contribution is 0.143. The summed E-state index contributed by atoms with van der Waals surface area (Å²) in [6.07, 6.45) is 0. The molecule has 0 radical (unpaired) electrons. The van der Waals surface area contributed by atoms with Gasteiger partial charge in [-0.1, -0.05) is 66.2 Å². The Morgan fingerprint density at radius 1 is 0.895 bits per heavy atom. The van der Waals surface area contributed by atoms with Gasteiger partial charge in [0.2, 0.25) is 0 Å². The molecule has 0 aliphatic carbocycles. The second-order valence-electron chi connectivity index (χ2n) is 9.66. The van der Waals surface area contributed by atoms with Gasteiger partial charge in [-0.05, 0) is 53.9 Å². The molecule has 9 heteroatoms. The maximum atomic E-state index is 14.1. The molecule has 0 aromatic heterocycles. The number of aryl methyl sites for hydroxylation is 1. The van der Waals surface area contributed by atoms with E-state index >= 15 is 0 Å². The number of fused-ring (bicyclic) bond motifs is 2. The quantitative estimate of drug-likeness (QED) is 0.421. The molecular formula is C29H32N4O4S. The Balaban J connectivity index is 1.41. The number of para-hydroxylation sites is 2. The maximum absolute atomic E-state index is 14.1. The summed E-state index contributed by atoms with van der Waals surface area (Å²) in [5, 5.41) is 9.45. The number of anilines is 2. The molecule has 3 aromatic rings. The van der Waals surface area contributed by atoms with Gasteiger partial charge >= 0.3 is 17.4 Å². The fraction of sp³-hybridized carbons (Fsp3) is 0.276. The Morgan fingerprint density at radius 2 is 1.47 bits per heavy atom. The van der Waals surface area contributed by atoms with Crippen LogP contribution in [-0.4, -0.2) is 67.3 Å². The summed E-state index contributed by atoms with van der Waals surface area (Å²) in [5.41, 5.74) is 3.50. The van der Waals surface area contributed by atoms with Crippen LogP contribution in [-0.2, 0) is 6.54 Å². The first-order valence-corrected chi connectivity index (χ1v) is 14.6. The van der Waals surface area contributed by atoms with Crippen LogP contribution in [0.2, 0.25) is 0 Å². The summed E-state index contributed by atoms with van der Waals surface area (Å²) in [6.45, 7) is 5.10. The van der Waals surface area contributed by atoms with Gasteiger partial charge in [0.05, 0.1) is 29.8 Å². The topological polar surface area (TPSA) is 84.4 Å². The number of rotatable bonds is 5. The first-order chi connectivity index (χ1) is 18.3. The van der Waals surface area contributed by atoms with Crippen LogP contribution in [0, 0.1) is 6.92 Å². The Kier molecular flexibility index (Phi) is 7.03. The van der Waals surface area contributed by atoms with Gasteiger partial charge < -0.3 is 14.9 Å². The molecule has 0 saturated carbocycles. The highest BCUT2D eigenvalue weighted by atomic mass is 32.3. The lowest BCUT2D eigenvalue weighted by Crippen LogP contribution is -2.54. The predicted octanol–water partition coefficient (Wildman–Crippen LogP) is 6.25. The average molecular weight is 533 g/mol. The molecule has 2 atom stereocenters. The normalized spacial score (nSPS) is 21.6. The number of hydrogen-bond donors (Lipinski definition) is 1. The largest absolute Gasteiger partial charge is 0.473 e. The third-order valence-electron chi connectivity index (χ3n) is 7.21. The highest BCUT2D eigenvalue weighted by molar-refractivity contribution is 8.43. The summed E-state index contributed by atoms with van der Waals surface area (Å²) < 4.78 is 1.53. The molecule has 2 saturated heterocycles. The van der Waals surface area contributed by atoms with Crippen LogP contribution in [0.3, 0.4) is 0 Å². The predicted molar refractivity (Wildman–Crippen MR) is 151 cm³/mol. The standard InChI is InChI=1S/C29H32N4O4S/c1-3-30(18-23-16-14-22(2)15-17-23)27(34)31-21-38(29(36)37)20-26(31)19-32(38)28(35)33(24-10-6-4-7-11-24)25-12-8-5-9-13-25/h4-17,26H,3,18-21H2,1-2H3,(H,36,37)/t26-/m1/s1. The van der Waals surface area contributed by atoms with Crippen molar-refractivity contribution in [3.8, 4) is 0 Å². The molecule has 5 rings (SSSR count). The van der Waals surface area contributed by atoms with Crippen LogP contribution in [0.4, 0.5) is 25.8 Å². The average Bonchev–Trinajstić information content (AvgIpc) is 3.52. The molecule has 2 aliphatic heterocycles.